The molecule has 0 fully saturated rings. The first kappa shape index (κ1) is 37.6. The minimum Gasteiger partial charge on any atom is -0.537 e. The number of benzene rings is 5. The van der Waals surface area contributed by atoms with Gasteiger partial charge in [0.1, 0.15) is 13.2 Å². The molecule has 0 aromatic heterocycles. The molecule has 5 aromatic carbocycles. The highest BCUT2D eigenvalue weighted by Crippen LogP contribution is 2.49. The molecule has 0 radical (unpaired) electrons. The van der Waals surface area contributed by atoms with Crippen LogP contribution in [0.4, 0.5) is 0 Å². The summed E-state index contributed by atoms with van der Waals surface area (Å²) >= 11 is 0. The lowest BCUT2D eigenvalue weighted by atomic mass is 9.74. The van der Waals surface area contributed by atoms with E-state index in [0.29, 0.717) is 6.42 Å². The third-order valence-electron chi connectivity index (χ3n) is 10.5. The normalized spacial score (nSPS) is 16.0. The third-order valence-corrected chi connectivity index (χ3v) is 15.5. The molecule has 1 atom stereocenters. The maximum atomic E-state index is 14.7. The molecule has 1 aliphatic carbocycles. The summed E-state index contributed by atoms with van der Waals surface area (Å²) in [6, 6.07) is 48.6. The zero-order chi connectivity index (χ0) is 37.5. The summed E-state index contributed by atoms with van der Waals surface area (Å²) in [5.41, 5.74) is 3.10. The second-order valence-corrected chi connectivity index (χ2v) is 19.6. The maximum Gasteiger partial charge on any atom is 0.324 e. The van der Waals surface area contributed by atoms with Crippen LogP contribution in [0.15, 0.2) is 157 Å². The Morgan fingerprint density at radius 3 is 1.51 bits per heavy atom. The highest BCUT2D eigenvalue weighted by molar-refractivity contribution is 6.99. The van der Waals surface area contributed by atoms with Crippen LogP contribution < -0.4 is 10.4 Å². The van der Waals surface area contributed by atoms with E-state index >= 15 is 0 Å². The number of aryl methyl sites for hydroxylation is 1. The van der Waals surface area contributed by atoms with Crippen molar-refractivity contribution in [3.05, 3.63) is 179 Å². The molecule has 6 rings (SSSR count). The van der Waals surface area contributed by atoms with Gasteiger partial charge in [-0.3, -0.25) is 9.59 Å². The average Bonchev–Trinajstić information content (AvgIpc) is 3.32. The fraction of sp³-hybridized carbons (Fsp3) is 0.277. The van der Waals surface area contributed by atoms with Crippen molar-refractivity contribution in [2.45, 2.75) is 78.1 Å². The van der Waals surface area contributed by atoms with Crippen LogP contribution in [-0.2, 0) is 36.7 Å². The Balaban J connectivity index is 1.50. The smallest absolute Gasteiger partial charge is 0.324 e. The number of ether oxygens (including phenoxy) is 2. The lowest BCUT2D eigenvalue weighted by Gasteiger charge is -2.44. The molecule has 0 bridgehead atoms. The van der Waals surface area contributed by atoms with Gasteiger partial charge in [-0.15, -0.1) is 0 Å². The summed E-state index contributed by atoms with van der Waals surface area (Å²) < 4.78 is 19.9. The van der Waals surface area contributed by atoms with Gasteiger partial charge in [-0.1, -0.05) is 172 Å². The minimum atomic E-state index is -3.05. The highest BCUT2D eigenvalue weighted by Gasteiger charge is 2.55. The summed E-state index contributed by atoms with van der Waals surface area (Å²) in [6.45, 7) is 11.0. The summed E-state index contributed by atoms with van der Waals surface area (Å²) in [6.07, 6.45) is 0.839. The van der Waals surface area contributed by atoms with Gasteiger partial charge >= 0.3 is 20.3 Å². The molecule has 0 N–H and O–H groups in total. The van der Waals surface area contributed by atoms with Gasteiger partial charge in [0.15, 0.2) is 5.41 Å². The van der Waals surface area contributed by atoms with Gasteiger partial charge in [0.2, 0.25) is 0 Å². The van der Waals surface area contributed by atoms with Crippen molar-refractivity contribution in [2.24, 2.45) is 5.41 Å². The van der Waals surface area contributed by atoms with Gasteiger partial charge in [-0.2, -0.15) is 0 Å². The standard InChI is InChI=1S/C47H50O5Si/c1-35-26-28-39(29-27-35)40-30-43(52-53(46(3,4)5,41-22-14-8-15-23-41)42-24-16-9-17-25-42)36(2)31-47(32-40,44(48)50-33-37-18-10-6-11-19-37)45(49)51-34-38-20-12-7-13-21-38/h6-29,40H,30-34H2,1-5H3. The van der Waals surface area contributed by atoms with Crippen molar-refractivity contribution in [1.82, 2.24) is 0 Å². The van der Waals surface area contributed by atoms with Crippen molar-refractivity contribution in [2.75, 3.05) is 0 Å². The molecule has 0 heterocycles. The fourth-order valence-corrected chi connectivity index (χ4v) is 12.2. The van der Waals surface area contributed by atoms with Crippen molar-refractivity contribution in [3.63, 3.8) is 0 Å². The van der Waals surface area contributed by atoms with E-state index in [1.807, 2.05) is 79.7 Å². The van der Waals surface area contributed by atoms with Crippen LogP contribution in [0.5, 0.6) is 0 Å². The summed E-state index contributed by atoms with van der Waals surface area (Å²) in [5.74, 6) is -0.585. The number of hydrogen-bond acceptors (Lipinski definition) is 5. The molecule has 0 saturated heterocycles. The molecule has 1 unspecified atom stereocenters. The summed E-state index contributed by atoms with van der Waals surface area (Å²) in [5, 5.41) is 2.03. The van der Waals surface area contributed by atoms with Crippen LogP contribution in [0.3, 0.4) is 0 Å². The van der Waals surface area contributed by atoms with Gasteiger partial charge in [-0.25, -0.2) is 0 Å². The van der Waals surface area contributed by atoms with Crippen molar-refractivity contribution in [1.29, 1.82) is 0 Å². The predicted octanol–water partition coefficient (Wildman–Crippen LogP) is 9.59. The van der Waals surface area contributed by atoms with Gasteiger partial charge < -0.3 is 13.9 Å². The number of hydrogen-bond donors (Lipinski definition) is 0. The molecular formula is C47H50O5Si. The summed E-state index contributed by atoms with van der Waals surface area (Å²) in [4.78, 5) is 29.4. The van der Waals surface area contributed by atoms with Crippen LogP contribution in [0.25, 0.3) is 0 Å². The van der Waals surface area contributed by atoms with Crippen LogP contribution in [0, 0.1) is 12.3 Å². The number of allylic oxidation sites excluding steroid dienone is 2. The minimum absolute atomic E-state index is 0.0524. The Labute approximate surface area is 315 Å². The molecule has 5 aromatic rings. The lowest BCUT2D eigenvalue weighted by Crippen LogP contribution is -2.66. The highest BCUT2D eigenvalue weighted by atomic mass is 28.4. The van der Waals surface area contributed by atoms with E-state index in [0.717, 1.165) is 44.0 Å². The van der Waals surface area contributed by atoms with Gasteiger partial charge in [0.25, 0.3) is 0 Å². The van der Waals surface area contributed by atoms with Gasteiger partial charge in [0.05, 0.1) is 5.76 Å². The van der Waals surface area contributed by atoms with Crippen LogP contribution in [0.2, 0.25) is 5.04 Å². The maximum absolute atomic E-state index is 14.7. The van der Waals surface area contributed by atoms with E-state index in [4.69, 9.17) is 13.9 Å². The van der Waals surface area contributed by atoms with Crippen molar-refractivity contribution < 1.29 is 23.5 Å². The molecule has 0 saturated carbocycles. The zero-order valence-electron chi connectivity index (χ0n) is 31.5. The second-order valence-electron chi connectivity index (χ2n) is 15.4. The van der Waals surface area contributed by atoms with Crippen LogP contribution >= 0.6 is 0 Å². The quantitative estimate of drug-likeness (QED) is 0.0772. The molecule has 272 valence electrons. The largest absolute Gasteiger partial charge is 0.537 e. The van der Waals surface area contributed by atoms with E-state index in [1.54, 1.807) is 0 Å². The number of carbonyl (C=O) groups is 2. The fourth-order valence-electron chi connectivity index (χ4n) is 7.67. The Morgan fingerprint density at radius 2 is 1.08 bits per heavy atom. The Kier molecular flexibility index (Phi) is 11.5. The van der Waals surface area contributed by atoms with E-state index in [1.165, 1.54) is 0 Å². The number of rotatable bonds is 11. The second kappa shape index (κ2) is 16.2. The Hall–Kier alpha value is -5.20. The lowest BCUT2D eigenvalue weighted by molar-refractivity contribution is -0.175. The first-order chi connectivity index (χ1) is 25.5. The monoisotopic (exact) mass is 722 g/mol. The summed E-state index contributed by atoms with van der Waals surface area (Å²) in [7, 11) is -3.05. The van der Waals surface area contributed by atoms with Crippen LogP contribution in [0.1, 0.15) is 75.1 Å². The molecule has 0 aliphatic heterocycles. The molecule has 0 amide bonds. The van der Waals surface area contributed by atoms with E-state index in [9.17, 15) is 9.59 Å². The van der Waals surface area contributed by atoms with Crippen molar-refractivity contribution in [3.8, 4) is 0 Å². The van der Waals surface area contributed by atoms with E-state index in [2.05, 4.69) is 100 Å². The number of carbonyl (C=O) groups excluding carboxylic acids is 2. The molecule has 1 aliphatic rings. The van der Waals surface area contributed by atoms with E-state index in [-0.39, 0.29) is 37.0 Å². The number of esters is 2. The molecule has 53 heavy (non-hydrogen) atoms. The van der Waals surface area contributed by atoms with Crippen LogP contribution in [-0.4, -0.2) is 20.3 Å². The third kappa shape index (κ3) is 8.23. The topological polar surface area (TPSA) is 61.8 Å². The SMILES string of the molecule is CC1=C(O[Si](c2ccccc2)(c2ccccc2)C(C)(C)C)CC(c2ccc(C)cc2)CC(C(=O)OCc2ccccc2)(C(=O)OCc2ccccc2)C1. The molecule has 5 nitrogen and oxygen atoms in total. The molecule has 0 spiro atoms. The molecule has 6 heteroatoms. The Bertz CT molecular complexity index is 1910. The Morgan fingerprint density at radius 1 is 0.642 bits per heavy atom. The first-order valence-corrected chi connectivity index (χ1v) is 20.4. The zero-order valence-corrected chi connectivity index (χ0v) is 32.5. The average molecular weight is 723 g/mol. The first-order valence-electron chi connectivity index (χ1n) is 18.5. The van der Waals surface area contributed by atoms with Gasteiger partial charge in [-0.05, 0) is 70.3 Å². The van der Waals surface area contributed by atoms with Crippen molar-refractivity contribution >= 4 is 30.6 Å². The van der Waals surface area contributed by atoms with Gasteiger partial charge in [0, 0.05) is 6.42 Å². The molecular weight excluding hydrogens is 673 g/mol. The van der Waals surface area contributed by atoms with E-state index < -0.39 is 25.7 Å². The predicted molar refractivity (Wildman–Crippen MR) is 214 cm³/mol.